The maximum absolute atomic E-state index is 12.2. The van der Waals surface area contributed by atoms with Gasteiger partial charge in [-0.15, -0.1) is 5.10 Å². The monoisotopic (exact) mass is 385 g/mol. The number of piperidine rings is 1. The Bertz CT molecular complexity index is 715. The Labute approximate surface area is 154 Å². The lowest BCUT2D eigenvalue weighted by molar-refractivity contribution is -0.122. The lowest BCUT2D eigenvalue weighted by Gasteiger charge is -2.30. The molecular formula is C15H27N7O3S. The highest BCUT2D eigenvalue weighted by Gasteiger charge is 2.26. The molecule has 0 spiro atoms. The molecule has 0 radical (unpaired) electrons. The number of rotatable bonds is 7. The number of tetrazole rings is 1. The molecule has 26 heavy (non-hydrogen) atoms. The Morgan fingerprint density at radius 1 is 1.23 bits per heavy atom. The van der Waals surface area contributed by atoms with E-state index in [2.05, 4.69) is 25.7 Å². The quantitative estimate of drug-likeness (QED) is 0.644. The second-order valence-corrected chi connectivity index (χ2v) is 9.15. The largest absolute Gasteiger partial charge is 0.354 e. The fourth-order valence-corrected chi connectivity index (χ4v) is 4.49. The average molecular weight is 385 g/mol. The molecule has 0 unspecified atom stereocenters. The highest BCUT2D eigenvalue weighted by atomic mass is 32.2. The second-order valence-electron chi connectivity index (χ2n) is 7.17. The molecule has 0 aliphatic carbocycles. The van der Waals surface area contributed by atoms with Gasteiger partial charge in [0.1, 0.15) is 6.54 Å². The summed E-state index contributed by atoms with van der Waals surface area (Å²) in [4.78, 5) is 14.5. The summed E-state index contributed by atoms with van der Waals surface area (Å²) in [6.45, 7) is 4.31. The fourth-order valence-electron chi connectivity index (χ4n) is 3.54. The van der Waals surface area contributed by atoms with Crippen LogP contribution in [0.2, 0.25) is 0 Å². The van der Waals surface area contributed by atoms with Gasteiger partial charge in [-0.3, -0.25) is 9.69 Å². The van der Waals surface area contributed by atoms with Crippen LogP contribution in [-0.2, 0) is 27.9 Å². The van der Waals surface area contributed by atoms with Gasteiger partial charge in [0, 0.05) is 19.6 Å². The molecule has 1 amide bonds. The molecule has 1 aromatic rings. The van der Waals surface area contributed by atoms with Gasteiger partial charge in [-0.25, -0.2) is 17.4 Å². The van der Waals surface area contributed by atoms with E-state index in [1.807, 2.05) is 0 Å². The summed E-state index contributed by atoms with van der Waals surface area (Å²) >= 11 is 0. The molecule has 0 bridgehead atoms. The zero-order chi connectivity index (χ0) is 18.6. The first-order chi connectivity index (χ1) is 12.4. The Hall–Kier alpha value is -1.59. The summed E-state index contributed by atoms with van der Waals surface area (Å²) in [6.07, 6.45) is 5.34. The Morgan fingerprint density at radius 3 is 2.73 bits per heavy atom. The lowest BCUT2D eigenvalue weighted by Crippen LogP contribution is -2.43. The third kappa shape index (κ3) is 5.21. The van der Waals surface area contributed by atoms with Gasteiger partial charge in [0.2, 0.25) is 15.9 Å². The van der Waals surface area contributed by atoms with Crippen LogP contribution in [0.1, 0.15) is 31.5 Å². The van der Waals surface area contributed by atoms with Crippen molar-refractivity contribution in [3.05, 3.63) is 5.82 Å². The summed E-state index contributed by atoms with van der Waals surface area (Å²) in [5, 5.41) is 14.5. The first-order valence-electron chi connectivity index (χ1n) is 9.11. The van der Waals surface area contributed by atoms with Crippen LogP contribution in [0.3, 0.4) is 0 Å². The summed E-state index contributed by atoms with van der Waals surface area (Å²) in [6, 6.07) is 0. The molecule has 3 rings (SSSR count). The van der Waals surface area contributed by atoms with Gasteiger partial charge in [0.25, 0.3) is 0 Å². The molecule has 1 N–H and O–H groups in total. The highest BCUT2D eigenvalue weighted by molar-refractivity contribution is 7.88. The van der Waals surface area contributed by atoms with Crippen LogP contribution in [0.15, 0.2) is 0 Å². The van der Waals surface area contributed by atoms with Gasteiger partial charge in [-0.05, 0) is 55.1 Å². The molecule has 2 fully saturated rings. The molecular weight excluding hydrogens is 358 g/mol. The molecule has 0 saturated carbocycles. The van der Waals surface area contributed by atoms with Crippen molar-refractivity contribution in [1.82, 2.24) is 34.7 Å². The molecule has 0 aromatic carbocycles. The van der Waals surface area contributed by atoms with E-state index in [9.17, 15) is 13.2 Å². The molecule has 3 heterocycles. The molecule has 10 nitrogen and oxygen atoms in total. The van der Waals surface area contributed by atoms with E-state index in [4.69, 9.17) is 0 Å². The molecule has 1 atom stereocenters. The zero-order valence-electron chi connectivity index (χ0n) is 15.2. The Kier molecular flexibility index (Phi) is 6.20. The van der Waals surface area contributed by atoms with Crippen molar-refractivity contribution in [3.8, 4) is 0 Å². The predicted octanol–water partition coefficient (Wildman–Crippen LogP) is -0.943. The van der Waals surface area contributed by atoms with Crippen LogP contribution in [0.5, 0.6) is 0 Å². The first kappa shape index (κ1) is 19.2. The number of nitrogens with one attached hydrogen (secondary N) is 1. The van der Waals surface area contributed by atoms with Crippen molar-refractivity contribution >= 4 is 15.9 Å². The number of amides is 1. The van der Waals surface area contributed by atoms with Gasteiger partial charge >= 0.3 is 0 Å². The first-order valence-corrected chi connectivity index (χ1v) is 11.0. The minimum absolute atomic E-state index is 0.0820. The molecule has 11 heteroatoms. The van der Waals surface area contributed by atoms with Crippen molar-refractivity contribution in [2.45, 2.75) is 38.8 Å². The van der Waals surface area contributed by atoms with E-state index < -0.39 is 10.0 Å². The van der Waals surface area contributed by atoms with Crippen molar-refractivity contribution in [3.63, 3.8) is 0 Å². The van der Waals surface area contributed by atoms with Gasteiger partial charge in [-0.1, -0.05) is 0 Å². The second kappa shape index (κ2) is 8.40. The molecule has 2 aliphatic heterocycles. The Morgan fingerprint density at radius 2 is 2.00 bits per heavy atom. The number of sulfonamides is 1. The minimum Gasteiger partial charge on any atom is -0.354 e. The van der Waals surface area contributed by atoms with Crippen molar-refractivity contribution in [1.29, 1.82) is 0 Å². The van der Waals surface area contributed by atoms with E-state index >= 15 is 0 Å². The molecule has 146 valence electrons. The number of nitrogens with zero attached hydrogens (tertiary/aromatic N) is 6. The van der Waals surface area contributed by atoms with Gasteiger partial charge in [-0.2, -0.15) is 0 Å². The SMILES string of the molecule is CS(=O)(=O)N1CCC[C@H](CNC(=O)Cn2nnnc2CN2CCCC2)C1. The van der Waals surface area contributed by atoms with Crippen molar-refractivity contribution in [2.75, 3.05) is 39.0 Å². The third-order valence-corrected chi connectivity index (χ3v) is 6.27. The van der Waals surface area contributed by atoms with Crippen molar-refractivity contribution in [2.24, 2.45) is 5.92 Å². The summed E-state index contributed by atoms with van der Waals surface area (Å²) in [5.74, 6) is 0.680. The average Bonchev–Trinajstić information content (AvgIpc) is 3.26. The standard InChI is InChI=1S/C15H27N7O3S/c1-26(24,25)21-8-4-5-13(10-21)9-16-15(23)12-22-14(17-18-19-22)11-20-6-2-3-7-20/h13H,2-12H2,1H3,(H,16,23)/t13-/m1/s1. The molecule has 2 saturated heterocycles. The van der Waals surface area contributed by atoms with Gasteiger partial charge in [0.05, 0.1) is 12.8 Å². The maximum atomic E-state index is 12.2. The van der Waals surface area contributed by atoms with Crippen LogP contribution in [0.25, 0.3) is 0 Å². The highest BCUT2D eigenvalue weighted by Crippen LogP contribution is 2.18. The summed E-state index contributed by atoms with van der Waals surface area (Å²) in [5.41, 5.74) is 0. The number of aromatic nitrogens is 4. The predicted molar refractivity (Wildman–Crippen MR) is 94.5 cm³/mol. The van der Waals surface area contributed by atoms with Crippen LogP contribution in [0, 0.1) is 5.92 Å². The summed E-state index contributed by atoms with van der Waals surface area (Å²) in [7, 11) is -3.17. The van der Waals surface area contributed by atoms with E-state index in [1.54, 1.807) is 0 Å². The number of hydrogen-bond acceptors (Lipinski definition) is 7. The minimum atomic E-state index is -3.17. The van der Waals surface area contributed by atoms with Gasteiger partial charge < -0.3 is 5.32 Å². The van der Waals surface area contributed by atoms with E-state index in [-0.39, 0.29) is 18.4 Å². The lowest BCUT2D eigenvalue weighted by atomic mass is 10.00. The van der Waals surface area contributed by atoms with E-state index in [0.29, 0.717) is 32.0 Å². The number of carbonyl (C=O) groups excluding carboxylic acids is 1. The number of carbonyl (C=O) groups is 1. The van der Waals surface area contributed by atoms with Gasteiger partial charge in [0.15, 0.2) is 5.82 Å². The molecule has 2 aliphatic rings. The zero-order valence-corrected chi connectivity index (χ0v) is 16.0. The van der Waals surface area contributed by atoms with E-state index in [0.717, 1.165) is 25.9 Å². The summed E-state index contributed by atoms with van der Waals surface area (Å²) < 4.78 is 26.4. The normalized spacial score (nSPS) is 22.6. The number of hydrogen-bond donors (Lipinski definition) is 1. The smallest absolute Gasteiger partial charge is 0.241 e. The third-order valence-electron chi connectivity index (χ3n) is 5.00. The maximum Gasteiger partial charge on any atom is 0.241 e. The van der Waals surface area contributed by atoms with E-state index in [1.165, 1.54) is 28.1 Å². The van der Waals surface area contributed by atoms with Crippen LogP contribution in [-0.4, -0.2) is 82.7 Å². The van der Waals surface area contributed by atoms with Crippen LogP contribution >= 0.6 is 0 Å². The Balaban J connectivity index is 1.46. The van der Waals surface area contributed by atoms with Crippen molar-refractivity contribution < 1.29 is 13.2 Å². The van der Waals surface area contributed by atoms with Crippen LogP contribution in [0.4, 0.5) is 0 Å². The topological polar surface area (TPSA) is 113 Å². The fraction of sp³-hybridized carbons (Fsp3) is 0.867. The van der Waals surface area contributed by atoms with Crippen LogP contribution < -0.4 is 5.32 Å². The number of likely N-dealkylation sites (tertiary alicyclic amines) is 1. The molecule has 1 aromatic heterocycles.